The summed E-state index contributed by atoms with van der Waals surface area (Å²) in [4.78, 5) is 0. The van der Waals surface area contributed by atoms with Crippen LogP contribution in [0.2, 0.25) is 0 Å². The van der Waals surface area contributed by atoms with E-state index in [-0.39, 0.29) is 21.7 Å². The largest absolute Gasteiger partial charge is 0.631 e. The van der Waals surface area contributed by atoms with Crippen LogP contribution in [0.3, 0.4) is 0 Å². The average molecular weight is 295 g/mol. The van der Waals surface area contributed by atoms with Crippen molar-refractivity contribution >= 4 is 29.3 Å². The van der Waals surface area contributed by atoms with Crippen molar-refractivity contribution in [1.82, 2.24) is 0 Å². The van der Waals surface area contributed by atoms with Crippen molar-refractivity contribution < 1.29 is 82.0 Å². The molecule has 0 aromatic carbocycles. The molecule has 0 aliphatic heterocycles. The molecule has 0 unspecified atom stereocenters. The van der Waals surface area contributed by atoms with Crippen molar-refractivity contribution in [2.24, 2.45) is 0 Å². The Labute approximate surface area is 112 Å². The molecule has 0 saturated heterocycles. The minimum atomic E-state index is -2.17. The van der Waals surface area contributed by atoms with Gasteiger partial charge in [-0.3, -0.25) is 0 Å². The second-order valence-electron chi connectivity index (χ2n) is 1.39. The Morgan fingerprint density at radius 2 is 0.294 bits per heavy atom. The summed E-state index contributed by atoms with van der Waals surface area (Å²) in [6.45, 7) is 0. The van der Waals surface area contributed by atoms with Crippen LogP contribution in [0.4, 0.5) is 0 Å². The zero-order valence-electron chi connectivity index (χ0n) is 8.18. The molecule has 0 saturated carbocycles. The minimum absolute atomic E-state index is 0. The molecule has 0 fully saturated rings. The summed E-state index contributed by atoms with van der Waals surface area (Å²) >= 11 is 0. The second-order valence-corrected chi connectivity index (χ2v) is 1.39. The first kappa shape index (κ1) is 30.5. The monoisotopic (exact) mass is 296 g/mol. The number of hydrogen-bond donors (Lipinski definition) is 12. The molecular formula is H12B4O12Ti. The van der Waals surface area contributed by atoms with Crippen LogP contribution in [0.5, 0.6) is 0 Å². The predicted octanol–water partition coefficient (Wildman–Crippen LogP) is -8.21. The fraction of sp³-hybridized carbons (Fsp3) is 0. The van der Waals surface area contributed by atoms with Crippen LogP contribution in [0.15, 0.2) is 0 Å². The maximum absolute atomic E-state index is 7.17. The van der Waals surface area contributed by atoms with Gasteiger partial charge in [0.05, 0.1) is 0 Å². The van der Waals surface area contributed by atoms with E-state index >= 15 is 0 Å². The molecule has 0 atom stereocenters. The van der Waals surface area contributed by atoms with Crippen LogP contribution in [0.1, 0.15) is 0 Å². The van der Waals surface area contributed by atoms with E-state index < -0.39 is 29.3 Å². The molecule has 0 rings (SSSR count). The standard InChI is InChI=1S/4BH3O3.Ti/c4*2-1(3)4;/h4*2-4H;. The van der Waals surface area contributed by atoms with Crippen molar-refractivity contribution in [2.75, 3.05) is 0 Å². The third-order valence-electron chi connectivity index (χ3n) is 0. The Balaban J connectivity index is -0.0000000369. The Morgan fingerprint density at radius 1 is 0.294 bits per heavy atom. The smallest absolute Gasteiger partial charge is 0.402 e. The van der Waals surface area contributed by atoms with Crippen LogP contribution in [0, 0.1) is 0 Å². The van der Waals surface area contributed by atoms with E-state index in [0.29, 0.717) is 0 Å². The molecule has 0 bridgehead atoms. The van der Waals surface area contributed by atoms with Gasteiger partial charge < -0.3 is 60.3 Å². The fourth-order valence-corrected chi connectivity index (χ4v) is 0. The molecule has 0 amide bonds. The van der Waals surface area contributed by atoms with Crippen molar-refractivity contribution in [3.8, 4) is 0 Å². The van der Waals surface area contributed by atoms with E-state index in [0.717, 1.165) is 0 Å². The Morgan fingerprint density at radius 3 is 0.294 bits per heavy atom. The molecule has 100 valence electrons. The van der Waals surface area contributed by atoms with Crippen LogP contribution < -0.4 is 0 Å². The Hall–Kier alpha value is 0.494. The molecule has 0 aliphatic rings. The van der Waals surface area contributed by atoms with Gasteiger partial charge in [0, 0.05) is 21.7 Å². The molecule has 0 heterocycles. The zero-order chi connectivity index (χ0) is 14.3. The summed E-state index contributed by atoms with van der Waals surface area (Å²) in [5, 5.41) is 86.0. The van der Waals surface area contributed by atoms with Gasteiger partial charge in [-0.15, -0.1) is 0 Å². The normalized spacial score (nSPS) is 6.35. The van der Waals surface area contributed by atoms with E-state index in [1.165, 1.54) is 0 Å². The summed E-state index contributed by atoms with van der Waals surface area (Å²) in [6.07, 6.45) is 0. The van der Waals surface area contributed by atoms with Crippen molar-refractivity contribution in [3.05, 3.63) is 0 Å². The van der Waals surface area contributed by atoms with Crippen molar-refractivity contribution in [1.29, 1.82) is 0 Å². The molecule has 0 radical (unpaired) electrons. The van der Waals surface area contributed by atoms with Gasteiger partial charge in [-0.1, -0.05) is 0 Å². The molecule has 12 nitrogen and oxygen atoms in total. The van der Waals surface area contributed by atoms with E-state index in [9.17, 15) is 0 Å². The van der Waals surface area contributed by atoms with Gasteiger partial charge in [0.2, 0.25) is 0 Å². The third kappa shape index (κ3) is 14200. The summed E-state index contributed by atoms with van der Waals surface area (Å²) < 4.78 is 0. The van der Waals surface area contributed by atoms with Gasteiger partial charge in [0.25, 0.3) is 0 Å². The van der Waals surface area contributed by atoms with E-state index in [2.05, 4.69) is 0 Å². The Kier molecular flexibility index (Phi) is 45.5. The van der Waals surface area contributed by atoms with Gasteiger partial charge in [0.15, 0.2) is 0 Å². The van der Waals surface area contributed by atoms with Crippen LogP contribution in [-0.2, 0) is 21.7 Å². The van der Waals surface area contributed by atoms with E-state index in [1.54, 1.807) is 0 Å². The number of hydrogen-bond acceptors (Lipinski definition) is 12. The third-order valence-corrected chi connectivity index (χ3v) is 0. The van der Waals surface area contributed by atoms with Gasteiger partial charge in [0.1, 0.15) is 0 Å². The van der Waals surface area contributed by atoms with Gasteiger partial charge >= 0.3 is 29.3 Å². The molecule has 0 aliphatic carbocycles. The van der Waals surface area contributed by atoms with Gasteiger partial charge in [-0.05, 0) is 0 Å². The topological polar surface area (TPSA) is 243 Å². The van der Waals surface area contributed by atoms with E-state index in [1.807, 2.05) is 0 Å². The molecule has 0 aromatic heterocycles. The molecule has 0 aromatic rings. The van der Waals surface area contributed by atoms with Crippen LogP contribution in [-0.4, -0.2) is 89.6 Å². The molecule has 17 heteroatoms. The molecule has 0 spiro atoms. The maximum atomic E-state index is 7.17. The SMILES string of the molecule is OB(O)O.OB(O)O.OB(O)O.OB(O)O.[Ti]. The number of rotatable bonds is 0. The first-order valence-electron chi connectivity index (χ1n) is 3.10. The Bertz CT molecular complexity index is 61.5. The summed E-state index contributed by atoms with van der Waals surface area (Å²) in [7, 11) is -8.67. The predicted molar refractivity (Wildman–Crippen MR) is 49.6 cm³/mol. The summed E-state index contributed by atoms with van der Waals surface area (Å²) in [5.41, 5.74) is 0. The molecule has 17 heavy (non-hydrogen) atoms. The first-order chi connectivity index (χ1) is 6.93. The van der Waals surface area contributed by atoms with Crippen molar-refractivity contribution in [2.45, 2.75) is 0 Å². The quantitative estimate of drug-likeness (QED) is 0.186. The molecule has 12 N–H and O–H groups in total. The fourth-order valence-electron chi connectivity index (χ4n) is 0. The summed E-state index contributed by atoms with van der Waals surface area (Å²) in [5.74, 6) is 0. The van der Waals surface area contributed by atoms with Crippen LogP contribution in [0.25, 0.3) is 0 Å². The molecular weight excluding hydrogens is 283 g/mol. The van der Waals surface area contributed by atoms with E-state index in [4.69, 9.17) is 60.3 Å². The first-order valence-corrected chi connectivity index (χ1v) is 3.10. The van der Waals surface area contributed by atoms with Crippen molar-refractivity contribution in [3.63, 3.8) is 0 Å². The minimum Gasteiger partial charge on any atom is -0.402 e. The summed E-state index contributed by atoms with van der Waals surface area (Å²) in [6, 6.07) is 0. The van der Waals surface area contributed by atoms with Gasteiger partial charge in [-0.25, -0.2) is 0 Å². The van der Waals surface area contributed by atoms with Crippen LogP contribution >= 0.6 is 0 Å². The zero-order valence-corrected chi connectivity index (χ0v) is 9.74. The maximum Gasteiger partial charge on any atom is 0.631 e. The van der Waals surface area contributed by atoms with Gasteiger partial charge in [-0.2, -0.15) is 0 Å². The second kappa shape index (κ2) is 25.4. The average Bonchev–Trinajstić information content (AvgIpc) is 1.76.